The van der Waals surface area contributed by atoms with Crippen LogP contribution in [0.15, 0.2) is 53.4 Å². The lowest BCUT2D eigenvalue weighted by atomic mass is 10.1. The zero-order valence-corrected chi connectivity index (χ0v) is 19.2. The molecule has 0 aliphatic carbocycles. The maximum absolute atomic E-state index is 13.2. The first-order valence-corrected chi connectivity index (χ1v) is 12.0. The Kier molecular flexibility index (Phi) is 6.48. The molecule has 33 heavy (non-hydrogen) atoms. The SMILES string of the molecule is COc1ccc(S(=O)(=O)N2CCCCC2)cc1NC(=O)c1cc(-c2ccc(F)cc2)nn1C. The number of halogens is 1. The molecule has 1 N–H and O–H groups in total. The average molecular weight is 473 g/mol. The second-order valence-corrected chi connectivity index (χ2v) is 9.76. The Hall–Kier alpha value is -3.24. The van der Waals surface area contributed by atoms with Gasteiger partial charge in [-0.1, -0.05) is 6.42 Å². The van der Waals surface area contributed by atoms with Crippen LogP contribution in [-0.4, -0.2) is 48.6 Å². The smallest absolute Gasteiger partial charge is 0.274 e. The summed E-state index contributed by atoms with van der Waals surface area (Å²) in [4.78, 5) is 13.1. The van der Waals surface area contributed by atoms with Crippen molar-refractivity contribution in [1.29, 1.82) is 0 Å². The largest absolute Gasteiger partial charge is 0.495 e. The van der Waals surface area contributed by atoms with Crippen LogP contribution < -0.4 is 10.1 Å². The number of aryl methyl sites for hydroxylation is 1. The highest BCUT2D eigenvalue weighted by Crippen LogP contribution is 2.30. The van der Waals surface area contributed by atoms with Crippen LogP contribution in [0.4, 0.5) is 10.1 Å². The predicted octanol–water partition coefficient (Wildman–Crippen LogP) is 3.66. The third-order valence-electron chi connectivity index (χ3n) is 5.62. The number of amides is 1. The Morgan fingerprint density at radius 2 is 1.76 bits per heavy atom. The number of hydrogen-bond acceptors (Lipinski definition) is 5. The fourth-order valence-electron chi connectivity index (χ4n) is 3.83. The van der Waals surface area contributed by atoms with E-state index in [1.165, 1.54) is 46.4 Å². The van der Waals surface area contributed by atoms with Crippen LogP contribution in [0, 0.1) is 5.82 Å². The van der Waals surface area contributed by atoms with Gasteiger partial charge in [-0.3, -0.25) is 9.48 Å². The van der Waals surface area contributed by atoms with Crippen LogP contribution in [0.25, 0.3) is 11.3 Å². The number of anilines is 1. The molecule has 0 spiro atoms. The maximum atomic E-state index is 13.2. The molecule has 2 heterocycles. The molecule has 0 radical (unpaired) electrons. The van der Waals surface area contributed by atoms with Crippen LogP contribution in [-0.2, 0) is 17.1 Å². The zero-order chi connectivity index (χ0) is 23.6. The highest BCUT2D eigenvalue weighted by Gasteiger charge is 2.27. The van der Waals surface area contributed by atoms with E-state index in [9.17, 15) is 17.6 Å². The molecular formula is C23H25FN4O4S. The summed E-state index contributed by atoms with van der Waals surface area (Å²) in [6.07, 6.45) is 2.67. The number of carbonyl (C=O) groups is 1. The van der Waals surface area contributed by atoms with Crippen LogP contribution in [0.5, 0.6) is 5.75 Å². The summed E-state index contributed by atoms with van der Waals surface area (Å²) in [7, 11) is -0.609. The summed E-state index contributed by atoms with van der Waals surface area (Å²) in [6, 6.07) is 11.8. The van der Waals surface area contributed by atoms with E-state index in [0.29, 0.717) is 30.1 Å². The van der Waals surface area contributed by atoms with Crippen molar-refractivity contribution in [3.63, 3.8) is 0 Å². The van der Waals surface area contributed by atoms with Gasteiger partial charge in [0.05, 0.1) is 23.4 Å². The van der Waals surface area contributed by atoms with Gasteiger partial charge in [0.2, 0.25) is 10.0 Å². The number of nitrogens with one attached hydrogen (secondary N) is 1. The summed E-state index contributed by atoms with van der Waals surface area (Å²) in [6.45, 7) is 0.967. The van der Waals surface area contributed by atoms with Gasteiger partial charge >= 0.3 is 0 Å². The van der Waals surface area contributed by atoms with Crippen molar-refractivity contribution in [3.05, 3.63) is 60.0 Å². The highest BCUT2D eigenvalue weighted by molar-refractivity contribution is 7.89. The molecule has 0 atom stereocenters. The predicted molar refractivity (Wildman–Crippen MR) is 122 cm³/mol. The summed E-state index contributed by atoms with van der Waals surface area (Å²) in [5, 5.41) is 7.07. The Morgan fingerprint density at radius 3 is 2.42 bits per heavy atom. The number of benzene rings is 2. The molecule has 174 valence electrons. The second kappa shape index (κ2) is 9.32. The normalized spacial score (nSPS) is 14.8. The molecule has 1 saturated heterocycles. The van der Waals surface area contributed by atoms with E-state index in [0.717, 1.165) is 19.3 Å². The first-order valence-electron chi connectivity index (χ1n) is 10.6. The van der Waals surface area contributed by atoms with E-state index in [4.69, 9.17) is 4.74 Å². The number of ether oxygens (including phenoxy) is 1. The highest BCUT2D eigenvalue weighted by atomic mass is 32.2. The van der Waals surface area contributed by atoms with Crippen molar-refractivity contribution in [2.24, 2.45) is 7.05 Å². The van der Waals surface area contributed by atoms with Gasteiger partial charge in [-0.15, -0.1) is 0 Å². The number of aromatic nitrogens is 2. The van der Waals surface area contributed by atoms with E-state index in [2.05, 4.69) is 10.4 Å². The molecule has 0 unspecified atom stereocenters. The maximum Gasteiger partial charge on any atom is 0.274 e. The van der Waals surface area contributed by atoms with Crippen molar-refractivity contribution < 1.29 is 22.3 Å². The number of rotatable bonds is 6. The molecule has 4 rings (SSSR count). The van der Waals surface area contributed by atoms with E-state index in [1.807, 2.05) is 0 Å². The molecule has 1 amide bonds. The van der Waals surface area contributed by atoms with Crippen LogP contribution in [0.3, 0.4) is 0 Å². The van der Waals surface area contributed by atoms with E-state index >= 15 is 0 Å². The van der Waals surface area contributed by atoms with E-state index in [1.54, 1.807) is 25.2 Å². The van der Waals surface area contributed by atoms with E-state index < -0.39 is 15.9 Å². The minimum atomic E-state index is -3.68. The molecule has 0 saturated carbocycles. The lowest BCUT2D eigenvalue weighted by Gasteiger charge is -2.26. The number of methoxy groups -OCH3 is 1. The third kappa shape index (κ3) is 4.76. The summed E-state index contributed by atoms with van der Waals surface area (Å²) in [5.74, 6) is -0.509. The Morgan fingerprint density at radius 1 is 1.06 bits per heavy atom. The molecule has 0 bridgehead atoms. The van der Waals surface area contributed by atoms with Crippen LogP contribution in [0.2, 0.25) is 0 Å². The van der Waals surface area contributed by atoms with Gasteiger partial charge in [0.15, 0.2) is 0 Å². The number of sulfonamides is 1. The minimum absolute atomic E-state index is 0.0949. The average Bonchev–Trinajstić information content (AvgIpc) is 3.21. The molecule has 1 fully saturated rings. The topological polar surface area (TPSA) is 93.5 Å². The van der Waals surface area contributed by atoms with Gasteiger partial charge in [0, 0.05) is 25.7 Å². The van der Waals surface area contributed by atoms with Gasteiger partial charge in [-0.25, -0.2) is 12.8 Å². The standard InChI is InChI=1S/C23H25FN4O4S/c1-27-21(15-19(26-27)16-6-8-17(24)9-7-16)23(29)25-20-14-18(10-11-22(20)32-2)33(30,31)28-12-4-3-5-13-28/h6-11,14-15H,3-5,12-13H2,1-2H3,(H,25,29). The summed E-state index contributed by atoms with van der Waals surface area (Å²) in [5.41, 5.74) is 1.67. The first kappa shape index (κ1) is 22.9. The number of nitrogens with zero attached hydrogens (tertiary/aromatic N) is 3. The van der Waals surface area contributed by atoms with Crippen molar-refractivity contribution in [1.82, 2.24) is 14.1 Å². The Bertz CT molecular complexity index is 1270. The van der Waals surface area contributed by atoms with Crippen molar-refractivity contribution in [3.8, 4) is 17.0 Å². The lowest BCUT2D eigenvalue weighted by molar-refractivity contribution is 0.101. The zero-order valence-electron chi connectivity index (χ0n) is 18.4. The van der Waals surface area contributed by atoms with Gasteiger partial charge in [0.1, 0.15) is 17.3 Å². The fourth-order valence-corrected chi connectivity index (χ4v) is 5.37. The van der Waals surface area contributed by atoms with Gasteiger partial charge in [0.25, 0.3) is 5.91 Å². The van der Waals surface area contributed by atoms with Crippen LogP contribution >= 0.6 is 0 Å². The summed E-state index contributed by atoms with van der Waals surface area (Å²) < 4.78 is 47.6. The van der Waals surface area contributed by atoms with Gasteiger partial charge in [-0.05, 0) is 61.4 Å². The molecule has 3 aromatic rings. The Labute approximate surface area is 192 Å². The number of carbonyl (C=O) groups excluding carboxylic acids is 1. The molecular weight excluding hydrogens is 447 g/mol. The molecule has 1 aliphatic rings. The lowest BCUT2D eigenvalue weighted by Crippen LogP contribution is -2.35. The van der Waals surface area contributed by atoms with Gasteiger partial charge < -0.3 is 10.1 Å². The number of hydrogen-bond donors (Lipinski definition) is 1. The second-order valence-electron chi connectivity index (χ2n) is 7.83. The Balaban J connectivity index is 1.61. The van der Waals surface area contributed by atoms with Crippen molar-refractivity contribution >= 4 is 21.6 Å². The van der Waals surface area contributed by atoms with Crippen LogP contribution in [0.1, 0.15) is 29.8 Å². The summed E-state index contributed by atoms with van der Waals surface area (Å²) >= 11 is 0. The van der Waals surface area contributed by atoms with Crippen molar-refractivity contribution in [2.45, 2.75) is 24.2 Å². The fraction of sp³-hybridized carbons (Fsp3) is 0.304. The molecule has 1 aromatic heterocycles. The van der Waals surface area contributed by atoms with Gasteiger partial charge in [-0.2, -0.15) is 9.40 Å². The molecule has 2 aromatic carbocycles. The number of piperidine rings is 1. The minimum Gasteiger partial charge on any atom is -0.495 e. The monoisotopic (exact) mass is 472 g/mol. The van der Waals surface area contributed by atoms with Crippen molar-refractivity contribution in [2.75, 3.05) is 25.5 Å². The molecule has 10 heteroatoms. The first-order chi connectivity index (χ1) is 15.8. The molecule has 1 aliphatic heterocycles. The quantitative estimate of drug-likeness (QED) is 0.591. The molecule has 8 nitrogen and oxygen atoms in total. The van der Waals surface area contributed by atoms with E-state index in [-0.39, 0.29) is 22.1 Å². The third-order valence-corrected chi connectivity index (χ3v) is 7.52.